The first kappa shape index (κ1) is 20.2. The normalized spacial score (nSPS) is 12.3. The van der Waals surface area contributed by atoms with Gasteiger partial charge in [-0.2, -0.15) is 5.10 Å². The highest BCUT2D eigenvalue weighted by atomic mass is 16.5. The average molecular weight is 394 g/mol. The summed E-state index contributed by atoms with van der Waals surface area (Å²) in [5.74, 6) is 2.88. The number of methoxy groups -OCH3 is 1. The van der Waals surface area contributed by atoms with Gasteiger partial charge in [-0.1, -0.05) is 30.3 Å². The molecule has 0 spiro atoms. The molecular weight excluding hydrogens is 368 g/mol. The molecule has 1 atom stereocenters. The maximum absolute atomic E-state index is 5.96. The van der Waals surface area contributed by atoms with Crippen molar-refractivity contribution in [3.05, 3.63) is 60.4 Å². The lowest BCUT2D eigenvalue weighted by Crippen LogP contribution is -2.41. The van der Waals surface area contributed by atoms with E-state index in [0.717, 1.165) is 22.7 Å². The van der Waals surface area contributed by atoms with Crippen LogP contribution >= 0.6 is 0 Å². The zero-order valence-electron chi connectivity index (χ0n) is 16.8. The number of hydrogen-bond donors (Lipinski definition) is 3. The highest BCUT2D eigenvalue weighted by molar-refractivity contribution is 5.79. The van der Waals surface area contributed by atoms with Crippen LogP contribution in [0, 0.1) is 0 Å². The maximum Gasteiger partial charge on any atom is 0.191 e. The maximum atomic E-state index is 5.96. The molecule has 1 unspecified atom stereocenters. The summed E-state index contributed by atoms with van der Waals surface area (Å²) >= 11 is 0. The molecule has 0 bridgehead atoms. The van der Waals surface area contributed by atoms with Gasteiger partial charge >= 0.3 is 0 Å². The smallest absolute Gasteiger partial charge is 0.191 e. The van der Waals surface area contributed by atoms with Gasteiger partial charge in [0.1, 0.15) is 12.4 Å². The molecule has 8 heteroatoms. The van der Waals surface area contributed by atoms with Gasteiger partial charge in [-0.3, -0.25) is 10.1 Å². The average Bonchev–Trinajstić information content (AvgIpc) is 3.29. The molecule has 0 aliphatic heterocycles. The first-order chi connectivity index (χ1) is 14.2. The molecule has 152 valence electrons. The van der Waals surface area contributed by atoms with Crippen LogP contribution in [0.15, 0.2) is 59.9 Å². The third-order valence-electron chi connectivity index (χ3n) is 4.25. The van der Waals surface area contributed by atoms with Crippen LogP contribution in [0.25, 0.3) is 11.4 Å². The lowest BCUT2D eigenvalue weighted by Gasteiger charge is -2.19. The van der Waals surface area contributed by atoms with Crippen LogP contribution < -0.4 is 20.1 Å². The van der Waals surface area contributed by atoms with Gasteiger partial charge in [0.25, 0.3) is 0 Å². The highest BCUT2D eigenvalue weighted by Gasteiger charge is 2.09. The van der Waals surface area contributed by atoms with E-state index >= 15 is 0 Å². The first-order valence-corrected chi connectivity index (χ1v) is 9.38. The van der Waals surface area contributed by atoms with Gasteiger partial charge in [0.2, 0.25) is 0 Å². The summed E-state index contributed by atoms with van der Waals surface area (Å²) in [5, 5.41) is 13.4. The van der Waals surface area contributed by atoms with Crippen molar-refractivity contribution in [3.63, 3.8) is 0 Å². The topological polar surface area (TPSA) is 96.5 Å². The van der Waals surface area contributed by atoms with Gasteiger partial charge in [-0.25, -0.2) is 4.98 Å². The van der Waals surface area contributed by atoms with Gasteiger partial charge in [0.15, 0.2) is 23.3 Å². The number of H-pyrrole nitrogens is 1. The predicted octanol–water partition coefficient (Wildman–Crippen LogP) is 2.61. The Bertz CT molecular complexity index is 926. The molecule has 0 radical (unpaired) electrons. The van der Waals surface area contributed by atoms with Crippen molar-refractivity contribution >= 4 is 5.96 Å². The Balaban J connectivity index is 1.50. The Hall–Kier alpha value is -3.55. The molecule has 1 heterocycles. The fraction of sp³-hybridized carbons (Fsp3) is 0.286. The van der Waals surface area contributed by atoms with Crippen LogP contribution in [0.2, 0.25) is 0 Å². The Morgan fingerprint density at radius 1 is 1.14 bits per heavy atom. The molecule has 0 amide bonds. The molecule has 2 aromatic carbocycles. The van der Waals surface area contributed by atoms with Crippen molar-refractivity contribution in [1.82, 2.24) is 25.8 Å². The molecule has 0 saturated carbocycles. The molecule has 0 aliphatic carbocycles. The number of ether oxygens (including phenoxy) is 2. The SMILES string of the molecule is CN=C(NCc1cccc(-c2ncn[nH]2)c1)NCC(C)Oc1ccccc1OC. The number of rotatable bonds is 8. The van der Waals surface area contributed by atoms with E-state index in [4.69, 9.17) is 9.47 Å². The van der Waals surface area contributed by atoms with E-state index in [1.165, 1.54) is 6.33 Å². The van der Waals surface area contributed by atoms with Gasteiger partial charge in [0.05, 0.1) is 13.7 Å². The Kier molecular flexibility index (Phi) is 7.05. The zero-order chi connectivity index (χ0) is 20.5. The van der Waals surface area contributed by atoms with Crippen LogP contribution in [-0.2, 0) is 6.54 Å². The zero-order valence-corrected chi connectivity index (χ0v) is 16.8. The molecule has 0 saturated heterocycles. The number of aromatic nitrogens is 3. The third kappa shape index (κ3) is 5.71. The van der Waals surface area contributed by atoms with E-state index in [-0.39, 0.29) is 6.10 Å². The highest BCUT2D eigenvalue weighted by Crippen LogP contribution is 2.26. The summed E-state index contributed by atoms with van der Waals surface area (Å²) in [6, 6.07) is 15.7. The van der Waals surface area contributed by atoms with E-state index in [1.807, 2.05) is 49.4 Å². The van der Waals surface area contributed by atoms with E-state index in [2.05, 4.69) is 36.9 Å². The number of aliphatic imine (C=N–C) groups is 1. The second-order valence-corrected chi connectivity index (χ2v) is 6.42. The number of hydrogen-bond acceptors (Lipinski definition) is 5. The summed E-state index contributed by atoms with van der Waals surface area (Å²) < 4.78 is 11.3. The number of nitrogens with zero attached hydrogens (tertiary/aromatic N) is 3. The number of guanidine groups is 1. The van der Waals surface area contributed by atoms with Crippen molar-refractivity contribution in [2.24, 2.45) is 4.99 Å². The summed E-state index contributed by atoms with van der Waals surface area (Å²) in [6.07, 6.45) is 1.43. The van der Waals surface area contributed by atoms with E-state index in [0.29, 0.717) is 24.8 Å². The van der Waals surface area contributed by atoms with E-state index < -0.39 is 0 Å². The van der Waals surface area contributed by atoms with E-state index in [1.54, 1.807) is 14.2 Å². The molecule has 29 heavy (non-hydrogen) atoms. The second kappa shape index (κ2) is 10.1. The molecule has 0 fully saturated rings. The molecule has 1 aromatic heterocycles. The monoisotopic (exact) mass is 394 g/mol. The molecule has 8 nitrogen and oxygen atoms in total. The minimum absolute atomic E-state index is 0.0698. The Morgan fingerprint density at radius 3 is 2.69 bits per heavy atom. The van der Waals surface area contributed by atoms with Crippen LogP contribution in [0.1, 0.15) is 12.5 Å². The summed E-state index contributed by atoms with van der Waals surface area (Å²) in [5.41, 5.74) is 2.10. The van der Waals surface area contributed by atoms with Crippen LogP contribution in [0.4, 0.5) is 0 Å². The molecule has 3 rings (SSSR count). The van der Waals surface area contributed by atoms with Crippen molar-refractivity contribution < 1.29 is 9.47 Å². The largest absolute Gasteiger partial charge is 0.493 e. The Morgan fingerprint density at radius 2 is 1.97 bits per heavy atom. The van der Waals surface area contributed by atoms with Crippen LogP contribution in [0.3, 0.4) is 0 Å². The Labute approximate surface area is 170 Å². The van der Waals surface area contributed by atoms with Gasteiger partial charge in [-0.05, 0) is 30.7 Å². The molecule has 3 N–H and O–H groups in total. The van der Waals surface area contributed by atoms with Crippen molar-refractivity contribution in [2.75, 3.05) is 20.7 Å². The number of benzene rings is 2. The minimum Gasteiger partial charge on any atom is -0.493 e. The molecular formula is C21H26N6O2. The van der Waals surface area contributed by atoms with Gasteiger partial charge < -0.3 is 20.1 Å². The predicted molar refractivity (Wildman–Crippen MR) is 113 cm³/mol. The number of nitrogens with one attached hydrogen (secondary N) is 3. The lowest BCUT2D eigenvalue weighted by molar-refractivity contribution is 0.213. The van der Waals surface area contributed by atoms with Crippen molar-refractivity contribution in [1.29, 1.82) is 0 Å². The summed E-state index contributed by atoms with van der Waals surface area (Å²) in [7, 11) is 3.38. The summed E-state index contributed by atoms with van der Waals surface area (Å²) in [4.78, 5) is 8.46. The quantitative estimate of drug-likeness (QED) is 0.401. The minimum atomic E-state index is -0.0698. The number of para-hydroxylation sites is 2. The van der Waals surface area contributed by atoms with Gasteiger partial charge in [0, 0.05) is 19.2 Å². The van der Waals surface area contributed by atoms with Crippen LogP contribution in [0.5, 0.6) is 11.5 Å². The summed E-state index contributed by atoms with van der Waals surface area (Å²) in [6.45, 7) is 3.22. The second-order valence-electron chi connectivity index (χ2n) is 6.42. The van der Waals surface area contributed by atoms with Crippen molar-refractivity contribution in [2.45, 2.75) is 19.6 Å². The van der Waals surface area contributed by atoms with Crippen LogP contribution in [-0.4, -0.2) is 47.9 Å². The molecule has 3 aromatic rings. The van der Waals surface area contributed by atoms with E-state index in [9.17, 15) is 0 Å². The fourth-order valence-corrected chi connectivity index (χ4v) is 2.79. The molecule has 0 aliphatic rings. The third-order valence-corrected chi connectivity index (χ3v) is 4.25. The first-order valence-electron chi connectivity index (χ1n) is 9.38. The number of aromatic amines is 1. The van der Waals surface area contributed by atoms with Gasteiger partial charge in [-0.15, -0.1) is 0 Å². The van der Waals surface area contributed by atoms with Crippen molar-refractivity contribution in [3.8, 4) is 22.9 Å². The standard InChI is InChI=1S/C21H26N6O2/c1-15(29-19-10-5-4-9-18(19)28-3)12-23-21(22-2)24-13-16-7-6-8-17(11-16)20-25-14-26-27-20/h4-11,14-15H,12-13H2,1-3H3,(H2,22,23,24)(H,25,26,27). The lowest BCUT2D eigenvalue weighted by atomic mass is 10.1. The fourth-order valence-electron chi connectivity index (χ4n) is 2.79.